The van der Waals surface area contributed by atoms with Gasteiger partial charge in [0.05, 0.1) is 5.54 Å². The Morgan fingerprint density at radius 2 is 1.85 bits per heavy atom. The monoisotopic (exact) mass is 363 g/mol. The number of nitrogens with zero attached hydrogens (tertiary/aromatic N) is 1. The lowest BCUT2D eigenvalue weighted by Crippen LogP contribution is -2.56. The lowest BCUT2D eigenvalue weighted by molar-refractivity contribution is -0.607. The number of nitrogens with one attached hydrogen (secondary N) is 2. The zero-order valence-corrected chi connectivity index (χ0v) is 15.8. The van der Waals surface area contributed by atoms with Gasteiger partial charge in [-0.3, -0.25) is 4.79 Å². The molecule has 1 fully saturated rings. The number of pyridine rings is 1. The van der Waals surface area contributed by atoms with Crippen LogP contribution in [0.4, 0.5) is 4.79 Å². The van der Waals surface area contributed by atoms with Crippen LogP contribution < -0.4 is 15.4 Å². The first-order valence-corrected chi connectivity index (χ1v) is 9.18. The first-order chi connectivity index (χ1) is 12.2. The van der Waals surface area contributed by atoms with Crippen LogP contribution in [0.1, 0.15) is 69.8 Å². The van der Waals surface area contributed by atoms with Crippen molar-refractivity contribution in [3.63, 3.8) is 0 Å². The number of carbonyl (C=O) groups is 2. The highest BCUT2D eigenvalue weighted by Gasteiger charge is 2.35. The molecular weight excluding hydrogens is 334 g/mol. The summed E-state index contributed by atoms with van der Waals surface area (Å²) in [6, 6.07) is 4.69. The normalized spacial score (nSPS) is 17.0. The smallest absolute Gasteiger partial charge is 0.408 e. The lowest BCUT2D eigenvalue weighted by atomic mass is 9.90. The van der Waals surface area contributed by atoms with Crippen molar-refractivity contribution in [1.82, 2.24) is 10.6 Å². The molecule has 0 radical (unpaired) electrons. The number of aromatic nitrogens is 1. The van der Waals surface area contributed by atoms with E-state index >= 15 is 0 Å². The molecule has 0 atom stereocenters. The largest absolute Gasteiger partial charge is 0.618 e. The Hall–Kier alpha value is -2.31. The maximum atomic E-state index is 12.4. The van der Waals surface area contributed by atoms with Crippen LogP contribution in [0.15, 0.2) is 24.4 Å². The molecule has 7 nitrogen and oxygen atoms in total. The summed E-state index contributed by atoms with van der Waals surface area (Å²) in [4.78, 5) is 24.7. The van der Waals surface area contributed by atoms with Crippen LogP contribution in [0.25, 0.3) is 0 Å². The summed E-state index contributed by atoms with van der Waals surface area (Å²) in [7, 11) is 0. The average Bonchev–Trinajstić information content (AvgIpc) is 2.77. The van der Waals surface area contributed by atoms with E-state index in [2.05, 4.69) is 10.6 Å². The third-order valence-electron chi connectivity index (χ3n) is 4.47. The second-order valence-electron chi connectivity index (χ2n) is 7.92. The van der Waals surface area contributed by atoms with Gasteiger partial charge in [-0.2, -0.15) is 4.73 Å². The summed E-state index contributed by atoms with van der Waals surface area (Å²) in [6.45, 7) is 5.71. The van der Waals surface area contributed by atoms with Crippen molar-refractivity contribution in [1.29, 1.82) is 0 Å². The molecule has 0 bridgehead atoms. The highest BCUT2D eigenvalue weighted by Crippen LogP contribution is 2.27. The van der Waals surface area contributed by atoms with Gasteiger partial charge in [-0.25, -0.2) is 4.79 Å². The fraction of sp³-hybridized carbons (Fsp3) is 0.632. The lowest BCUT2D eigenvalue weighted by Gasteiger charge is -2.34. The third kappa shape index (κ3) is 5.89. The predicted octanol–water partition coefficient (Wildman–Crippen LogP) is 2.67. The summed E-state index contributed by atoms with van der Waals surface area (Å²) in [6.07, 6.45) is 6.48. The Labute approximate surface area is 154 Å². The Balaban J connectivity index is 2.08. The Bertz CT molecular complexity index is 632. The minimum absolute atomic E-state index is 0.0357. The zero-order chi connectivity index (χ0) is 19.2. The SMILES string of the molecule is CC(C)(C)OC(=O)NC1(CNC(=O)c2cccc[n+]2[O-])CCCCCC1. The van der Waals surface area contributed by atoms with Crippen molar-refractivity contribution >= 4 is 12.0 Å². The summed E-state index contributed by atoms with van der Waals surface area (Å²) in [5.41, 5.74) is -1.11. The molecule has 1 saturated carbocycles. The molecule has 0 saturated heterocycles. The first-order valence-electron chi connectivity index (χ1n) is 9.18. The van der Waals surface area contributed by atoms with Gasteiger partial charge < -0.3 is 20.6 Å². The van der Waals surface area contributed by atoms with Gasteiger partial charge in [0.25, 0.3) is 5.69 Å². The van der Waals surface area contributed by atoms with Gasteiger partial charge >= 0.3 is 12.0 Å². The maximum absolute atomic E-state index is 12.4. The van der Waals surface area contributed by atoms with Gasteiger partial charge in [-0.05, 0) is 39.7 Å². The van der Waals surface area contributed by atoms with Gasteiger partial charge in [0.2, 0.25) is 0 Å². The fourth-order valence-electron chi connectivity index (χ4n) is 3.22. The molecule has 144 valence electrons. The van der Waals surface area contributed by atoms with Crippen LogP contribution >= 0.6 is 0 Å². The number of carbonyl (C=O) groups excluding carboxylic acids is 2. The van der Waals surface area contributed by atoms with E-state index in [0.717, 1.165) is 38.5 Å². The Kier molecular flexibility index (Phi) is 6.45. The van der Waals surface area contributed by atoms with Crippen molar-refractivity contribution in [3.05, 3.63) is 35.3 Å². The third-order valence-corrected chi connectivity index (χ3v) is 4.47. The predicted molar refractivity (Wildman–Crippen MR) is 97.5 cm³/mol. The van der Waals surface area contributed by atoms with E-state index in [1.807, 2.05) is 20.8 Å². The van der Waals surface area contributed by atoms with E-state index < -0.39 is 23.1 Å². The molecular formula is C19H29N3O4. The van der Waals surface area contributed by atoms with Crippen molar-refractivity contribution < 1.29 is 19.1 Å². The Morgan fingerprint density at radius 1 is 1.19 bits per heavy atom. The molecule has 0 spiro atoms. The summed E-state index contributed by atoms with van der Waals surface area (Å²) in [5.74, 6) is -0.449. The van der Waals surface area contributed by atoms with Gasteiger partial charge in [-0.1, -0.05) is 25.7 Å². The van der Waals surface area contributed by atoms with Crippen LogP contribution in [0.2, 0.25) is 0 Å². The fourth-order valence-corrected chi connectivity index (χ4v) is 3.22. The van der Waals surface area contributed by atoms with E-state index in [0.29, 0.717) is 4.73 Å². The van der Waals surface area contributed by atoms with Crippen molar-refractivity contribution in [2.24, 2.45) is 0 Å². The molecule has 0 aromatic carbocycles. The van der Waals surface area contributed by atoms with Crippen LogP contribution in [0, 0.1) is 5.21 Å². The van der Waals surface area contributed by atoms with E-state index in [9.17, 15) is 14.8 Å². The highest BCUT2D eigenvalue weighted by atomic mass is 16.6. The van der Waals surface area contributed by atoms with E-state index in [-0.39, 0.29) is 12.2 Å². The second-order valence-corrected chi connectivity index (χ2v) is 7.92. The molecule has 0 unspecified atom stereocenters. The molecule has 1 aliphatic carbocycles. The first kappa shape index (κ1) is 20.0. The van der Waals surface area contributed by atoms with Gasteiger partial charge in [0.1, 0.15) is 5.60 Å². The van der Waals surface area contributed by atoms with Crippen molar-refractivity contribution in [2.45, 2.75) is 70.4 Å². The van der Waals surface area contributed by atoms with Gasteiger partial charge in [0, 0.05) is 18.7 Å². The average molecular weight is 363 g/mol. The minimum Gasteiger partial charge on any atom is -0.618 e. The maximum Gasteiger partial charge on any atom is 0.408 e. The minimum atomic E-state index is -0.586. The van der Waals surface area contributed by atoms with E-state index in [1.165, 1.54) is 12.3 Å². The number of alkyl carbamates (subject to hydrolysis) is 1. The zero-order valence-electron chi connectivity index (χ0n) is 15.8. The molecule has 26 heavy (non-hydrogen) atoms. The number of rotatable bonds is 4. The van der Waals surface area contributed by atoms with Crippen LogP contribution in [-0.4, -0.2) is 29.7 Å². The number of hydrogen-bond donors (Lipinski definition) is 2. The number of hydrogen-bond acceptors (Lipinski definition) is 4. The molecule has 7 heteroatoms. The van der Waals surface area contributed by atoms with Gasteiger partial charge in [-0.15, -0.1) is 0 Å². The van der Waals surface area contributed by atoms with Crippen LogP contribution in [0.5, 0.6) is 0 Å². The molecule has 1 aliphatic rings. The Morgan fingerprint density at radius 3 is 2.42 bits per heavy atom. The molecule has 2 N–H and O–H groups in total. The van der Waals surface area contributed by atoms with Crippen LogP contribution in [0.3, 0.4) is 0 Å². The summed E-state index contributed by atoms with van der Waals surface area (Å²) >= 11 is 0. The highest BCUT2D eigenvalue weighted by molar-refractivity contribution is 5.90. The molecule has 2 rings (SSSR count). The van der Waals surface area contributed by atoms with Gasteiger partial charge in [0.15, 0.2) is 6.20 Å². The topological polar surface area (TPSA) is 94.4 Å². The van der Waals surface area contributed by atoms with E-state index in [4.69, 9.17) is 4.74 Å². The van der Waals surface area contributed by atoms with Crippen molar-refractivity contribution in [2.75, 3.05) is 6.54 Å². The quantitative estimate of drug-likeness (QED) is 0.488. The molecule has 1 aromatic heterocycles. The standard InChI is InChI=1S/C19H29N3O4/c1-18(2,3)26-17(24)21-19(11-7-4-5-8-12-19)14-20-16(23)15-10-6-9-13-22(15)25/h6,9-10,13H,4-5,7-8,11-12,14H2,1-3H3,(H,20,23)(H,21,24). The van der Waals surface area contributed by atoms with Crippen LogP contribution in [-0.2, 0) is 4.74 Å². The molecule has 1 heterocycles. The molecule has 1 aromatic rings. The van der Waals surface area contributed by atoms with E-state index in [1.54, 1.807) is 12.1 Å². The number of amides is 2. The molecule has 0 aliphatic heterocycles. The summed E-state index contributed by atoms with van der Waals surface area (Å²) in [5, 5.41) is 17.6. The number of ether oxygens (including phenoxy) is 1. The summed E-state index contributed by atoms with van der Waals surface area (Å²) < 4.78 is 5.94. The van der Waals surface area contributed by atoms with Crippen molar-refractivity contribution in [3.8, 4) is 0 Å². The second kappa shape index (κ2) is 8.38. The molecule has 2 amide bonds.